The molecule has 8 heteroatoms. The van der Waals surface area contributed by atoms with Crippen LogP contribution in [0, 0.1) is 6.92 Å². The molecule has 140 valence electrons. The number of carboxylic acids is 1. The fourth-order valence-corrected chi connectivity index (χ4v) is 4.00. The van der Waals surface area contributed by atoms with Crippen LogP contribution < -0.4 is 10.0 Å². The van der Waals surface area contributed by atoms with Crippen LogP contribution in [0.4, 0.5) is 10.5 Å². The molecule has 1 heterocycles. The Kier molecular flexibility index (Phi) is 6.55. The minimum atomic E-state index is -0.974. The van der Waals surface area contributed by atoms with Gasteiger partial charge in [-0.2, -0.15) is 0 Å². The van der Waals surface area contributed by atoms with Gasteiger partial charge in [-0.25, -0.2) is 9.59 Å². The van der Waals surface area contributed by atoms with Crippen molar-refractivity contribution in [3.63, 3.8) is 0 Å². The van der Waals surface area contributed by atoms with E-state index in [1.165, 1.54) is 11.9 Å². The summed E-state index contributed by atoms with van der Waals surface area (Å²) in [5, 5.41) is 12.0. The number of nitrogens with one attached hydrogen (secondary N) is 2. The van der Waals surface area contributed by atoms with E-state index in [1.54, 1.807) is 35.6 Å². The summed E-state index contributed by atoms with van der Waals surface area (Å²) in [7, 11) is 0. The molecule has 3 N–H and O–H groups in total. The van der Waals surface area contributed by atoms with E-state index >= 15 is 0 Å². The first-order valence-corrected chi connectivity index (χ1v) is 9.60. The van der Waals surface area contributed by atoms with E-state index in [0.717, 1.165) is 14.6 Å². The molecule has 1 aromatic heterocycles. The Balaban J connectivity index is 1.96. The summed E-state index contributed by atoms with van der Waals surface area (Å²) in [5.74, 6) is -0.974. The number of aromatic carboxylic acids is 1. The van der Waals surface area contributed by atoms with Crippen molar-refractivity contribution in [2.24, 2.45) is 0 Å². The lowest BCUT2D eigenvalue weighted by Crippen LogP contribution is -2.31. The van der Waals surface area contributed by atoms with Crippen molar-refractivity contribution in [2.75, 3.05) is 4.72 Å². The van der Waals surface area contributed by atoms with Gasteiger partial charge in [0.15, 0.2) is 0 Å². The monoisotopic (exact) mass is 394 g/mol. The van der Waals surface area contributed by atoms with E-state index in [1.807, 2.05) is 33.8 Å². The van der Waals surface area contributed by atoms with Gasteiger partial charge < -0.3 is 19.9 Å². The van der Waals surface area contributed by atoms with Gasteiger partial charge in [0.25, 0.3) is 0 Å². The van der Waals surface area contributed by atoms with E-state index < -0.39 is 17.7 Å². The number of thiophene rings is 1. The van der Waals surface area contributed by atoms with E-state index in [2.05, 4.69) is 10.0 Å². The Labute approximate surface area is 161 Å². The molecule has 0 aliphatic heterocycles. The second kappa shape index (κ2) is 8.46. The molecule has 2 aromatic rings. The molecular formula is C18H22N2O4S2. The highest BCUT2D eigenvalue weighted by molar-refractivity contribution is 8.00. The van der Waals surface area contributed by atoms with Crippen molar-refractivity contribution < 1.29 is 19.4 Å². The SMILES string of the molecule is Cc1sc(CNC(=O)OC(C)(C)C)cc1SNc1ccccc1C(=O)O. The zero-order chi connectivity index (χ0) is 19.3. The molecule has 0 radical (unpaired) electrons. The van der Waals surface area contributed by atoms with Gasteiger partial charge in [0.05, 0.1) is 17.8 Å². The molecule has 1 aromatic carbocycles. The summed E-state index contributed by atoms with van der Waals surface area (Å²) >= 11 is 2.92. The summed E-state index contributed by atoms with van der Waals surface area (Å²) in [6.45, 7) is 7.81. The highest BCUT2D eigenvalue weighted by atomic mass is 32.2. The van der Waals surface area contributed by atoms with Gasteiger partial charge in [-0.05, 0) is 57.8 Å². The molecule has 0 spiro atoms. The number of alkyl carbamates (subject to hydrolysis) is 1. The second-order valence-electron chi connectivity index (χ2n) is 6.54. The van der Waals surface area contributed by atoms with Crippen molar-refractivity contribution >= 4 is 41.0 Å². The molecule has 2 rings (SSSR count). The highest BCUT2D eigenvalue weighted by Gasteiger charge is 2.16. The van der Waals surface area contributed by atoms with Gasteiger partial charge in [-0.3, -0.25) is 0 Å². The number of hydrogen-bond acceptors (Lipinski definition) is 6. The van der Waals surface area contributed by atoms with Crippen LogP contribution in [-0.2, 0) is 11.3 Å². The zero-order valence-corrected chi connectivity index (χ0v) is 16.7. The number of ether oxygens (including phenoxy) is 1. The van der Waals surface area contributed by atoms with E-state index in [4.69, 9.17) is 4.74 Å². The number of carboxylic acid groups (broad SMARTS) is 1. The predicted octanol–water partition coefficient (Wildman–Crippen LogP) is 4.90. The third kappa shape index (κ3) is 5.96. The Morgan fingerprint density at radius 3 is 2.62 bits per heavy atom. The summed E-state index contributed by atoms with van der Waals surface area (Å²) < 4.78 is 8.31. The minimum absolute atomic E-state index is 0.222. The number of anilines is 1. The van der Waals surface area contributed by atoms with Gasteiger partial charge in [0.2, 0.25) is 0 Å². The Morgan fingerprint density at radius 1 is 1.27 bits per heavy atom. The average molecular weight is 395 g/mol. The number of rotatable bonds is 6. The number of carbonyl (C=O) groups is 2. The average Bonchev–Trinajstić information content (AvgIpc) is 2.89. The first-order valence-electron chi connectivity index (χ1n) is 7.97. The standard InChI is InChI=1S/C18H22N2O4S2/c1-11-15(26-20-14-8-6-5-7-13(14)16(21)22)9-12(25-11)10-19-17(23)24-18(2,3)4/h5-9,20H,10H2,1-4H3,(H,19,23)(H,21,22). The van der Waals surface area contributed by atoms with Crippen molar-refractivity contribution in [1.82, 2.24) is 5.32 Å². The van der Waals surface area contributed by atoms with Crippen LogP contribution in [0.2, 0.25) is 0 Å². The highest BCUT2D eigenvalue weighted by Crippen LogP contribution is 2.32. The summed E-state index contributed by atoms with van der Waals surface area (Å²) in [6, 6.07) is 8.73. The lowest BCUT2D eigenvalue weighted by molar-refractivity contribution is 0.0523. The third-order valence-corrected chi connectivity index (χ3v) is 5.30. The lowest BCUT2D eigenvalue weighted by atomic mass is 10.2. The number of amides is 1. The topological polar surface area (TPSA) is 87.7 Å². The zero-order valence-electron chi connectivity index (χ0n) is 15.1. The normalized spacial score (nSPS) is 11.1. The van der Waals surface area contributed by atoms with Crippen LogP contribution in [0.5, 0.6) is 0 Å². The van der Waals surface area contributed by atoms with Gasteiger partial charge in [-0.1, -0.05) is 12.1 Å². The molecule has 1 amide bonds. The molecule has 6 nitrogen and oxygen atoms in total. The van der Waals surface area contributed by atoms with Crippen LogP contribution in [0.25, 0.3) is 0 Å². The molecule has 0 aliphatic rings. The van der Waals surface area contributed by atoms with E-state index in [9.17, 15) is 14.7 Å². The Hall–Kier alpha value is -2.19. The van der Waals surface area contributed by atoms with E-state index in [-0.39, 0.29) is 5.56 Å². The van der Waals surface area contributed by atoms with Crippen LogP contribution in [0.1, 0.15) is 40.9 Å². The smallest absolute Gasteiger partial charge is 0.407 e. The fourth-order valence-electron chi connectivity index (χ4n) is 2.05. The maximum Gasteiger partial charge on any atom is 0.407 e. The number of aryl methyl sites for hydroxylation is 1. The quantitative estimate of drug-likeness (QED) is 0.604. The molecule has 0 fully saturated rings. The van der Waals surface area contributed by atoms with Crippen molar-refractivity contribution in [2.45, 2.75) is 44.7 Å². The summed E-state index contributed by atoms with van der Waals surface area (Å²) in [5.41, 5.74) is 0.237. The van der Waals surface area contributed by atoms with Crippen molar-refractivity contribution in [3.8, 4) is 0 Å². The van der Waals surface area contributed by atoms with Crippen LogP contribution in [-0.4, -0.2) is 22.8 Å². The maximum absolute atomic E-state index is 11.7. The van der Waals surface area contributed by atoms with Gasteiger partial charge >= 0.3 is 12.1 Å². The number of hydrogen-bond donors (Lipinski definition) is 3. The van der Waals surface area contributed by atoms with Crippen LogP contribution in [0.3, 0.4) is 0 Å². The summed E-state index contributed by atoms with van der Waals surface area (Å²) in [4.78, 5) is 26.0. The number of carbonyl (C=O) groups excluding carboxylic acids is 1. The molecule has 0 unspecified atom stereocenters. The largest absolute Gasteiger partial charge is 0.478 e. The molecular weight excluding hydrogens is 372 g/mol. The van der Waals surface area contributed by atoms with Gasteiger partial charge in [0, 0.05) is 14.6 Å². The molecule has 0 saturated heterocycles. The van der Waals surface area contributed by atoms with Crippen molar-refractivity contribution in [1.29, 1.82) is 0 Å². The fraction of sp³-hybridized carbons (Fsp3) is 0.333. The molecule has 0 saturated carbocycles. The number of para-hydroxylation sites is 1. The van der Waals surface area contributed by atoms with Gasteiger partial charge in [-0.15, -0.1) is 11.3 Å². The first kappa shape index (κ1) is 20.1. The van der Waals surface area contributed by atoms with Crippen LogP contribution in [0.15, 0.2) is 35.2 Å². The van der Waals surface area contributed by atoms with Crippen LogP contribution >= 0.6 is 23.3 Å². The van der Waals surface area contributed by atoms with Crippen molar-refractivity contribution in [3.05, 3.63) is 45.6 Å². The minimum Gasteiger partial charge on any atom is -0.478 e. The van der Waals surface area contributed by atoms with E-state index in [0.29, 0.717) is 12.2 Å². The molecule has 0 atom stereocenters. The number of benzene rings is 1. The Morgan fingerprint density at radius 2 is 1.96 bits per heavy atom. The predicted molar refractivity (Wildman–Crippen MR) is 105 cm³/mol. The Bertz CT molecular complexity index is 797. The lowest BCUT2D eigenvalue weighted by Gasteiger charge is -2.19. The second-order valence-corrected chi connectivity index (χ2v) is 8.73. The first-order chi connectivity index (χ1) is 12.2. The molecule has 26 heavy (non-hydrogen) atoms. The maximum atomic E-state index is 11.7. The molecule has 0 aliphatic carbocycles. The molecule has 0 bridgehead atoms. The third-order valence-electron chi connectivity index (χ3n) is 3.16. The van der Waals surface area contributed by atoms with Gasteiger partial charge in [0.1, 0.15) is 5.60 Å². The summed E-state index contributed by atoms with van der Waals surface area (Å²) in [6.07, 6.45) is -0.453.